The van der Waals surface area contributed by atoms with Gasteiger partial charge in [0.05, 0.1) is 12.7 Å². The lowest BCUT2D eigenvalue weighted by Crippen LogP contribution is -2.52. The van der Waals surface area contributed by atoms with E-state index in [1.807, 2.05) is 11.8 Å². The van der Waals surface area contributed by atoms with Gasteiger partial charge >= 0.3 is 5.97 Å². The predicted octanol–water partition coefficient (Wildman–Crippen LogP) is 2.22. The summed E-state index contributed by atoms with van der Waals surface area (Å²) in [7, 11) is 1.47. The van der Waals surface area contributed by atoms with Gasteiger partial charge < -0.3 is 14.8 Å². The summed E-state index contributed by atoms with van der Waals surface area (Å²) in [5.41, 5.74) is 0.0546. The molecule has 1 N–H and O–H groups in total. The first-order chi connectivity index (χ1) is 9.54. The second kappa shape index (κ2) is 7.14. The lowest BCUT2D eigenvalue weighted by molar-refractivity contribution is -0.144. The molecule has 0 bridgehead atoms. The van der Waals surface area contributed by atoms with Crippen molar-refractivity contribution in [1.29, 1.82) is 0 Å². The van der Waals surface area contributed by atoms with Crippen molar-refractivity contribution in [2.24, 2.45) is 5.92 Å². The highest BCUT2D eigenvalue weighted by atomic mass is 32.2. The average Bonchev–Trinajstić information content (AvgIpc) is 2.84. The zero-order valence-electron chi connectivity index (χ0n) is 12.8. The van der Waals surface area contributed by atoms with E-state index in [0.29, 0.717) is 12.0 Å². The highest BCUT2D eigenvalue weighted by Gasteiger charge is 2.41. The summed E-state index contributed by atoms with van der Waals surface area (Å²) < 4.78 is 11.0. The molecular formula is C15H27NO3S. The van der Waals surface area contributed by atoms with Gasteiger partial charge in [-0.15, -0.1) is 0 Å². The number of ether oxygens (including phenoxy) is 2. The molecule has 1 spiro atoms. The minimum atomic E-state index is -0.186. The van der Waals surface area contributed by atoms with Crippen molar-refractivity contribution in [3.63, 3.8) is 0 Å². The average molecular weight is 301 g/mol. The Morgan fingerprint density at radius 1 is 1.55 bits per heavy atom. The first kappa shape index (κ1) is 16.1. The summed E-state index contributed by atoms with van der Waals surface area (Å²) in [4.78, 5) is 11.9. The third kappa shape index (κ3) is 4.12. The van der Waals surface area contributed by atoms with Crippen LogP contribution in [-0.4, -0.2) is 48.9 Å². The van der Waals surface area contributed by atoms with Gasteiger partial charge in [0.15, 0.2) is 0 Å². The maximum Gasteiger partial charge on any atom is 0.322 e. The van der Waals surface area contributed by atoms with Gasteiger partial charge in [0.25, 0.3) is 0 Å². The zero-order chi connectivity index (χ0) is 14.6. The Labute approximate surface area is 126 Å². The molecule has 0 aromatic carbocycles. The molecule has 2 fully saturated rings. The van der Waals surface area contributed by atoms with Gasteiger partial charge in [0.2, 0.25) is 0 Å². The molecule has 0 amide bonds. The smallest absolute Gasteiger partial charge is 0.322 e. The summed E-state index contributed by atoms with van der Waals surface area (Å²) >= 11 is 1.98. The van der Waals surface area contributed by atoms with Crippen molar-refractivity contribution in [2.75, 3.05) is 25.2 Å². The largest absolute Gasteiger partial charge is 0.468 e. The van der Waals surface area contributed by atoms with Gasteiger partial charge in [0, 0.05) is 18.4 Å². The molecule has 2 rings (SSSR count). The first-order valence-electron chi connectivity index (χ1n) is 7.60. The SMILES string of the molecule is COC(=O)C(CC(C)C)NC1CCOC2(CCSC2)C1. The zero-order valence-corrected chi connectivity index (χ0v) is 13.6. The lowest BCUT2D eigenvalue weighted by Gasteiger charge is -2.39. The number of nitrogens with one attached hydrogen (secondary N) is 1. The fourth-order valence-corrected chi connectivity index (χ4v) is 4.54. The number of thioether (sulfide) groups is 1. The van der Waals surface area contributed by atoms with Crippen LogP contribution in [0.1, 0.15) is 39.5 Å². The van der Waals surface area contributed by atoms with E-state index in [1.165, 1.54) is 12.9 Å². The minimum absolute atomic E-state index is 0.0546. The summed E-state index contributed by atoms with van der Waals surface area (Å²) in [6.45, 7) is 5.07. The van der Waals surface area contributed by atoms with Crippen LogP contribution < -0.4 is 5.32 Å². The Hall–Kier alpha value is -0.260. The van der Waals surface area contributed by atoms with E-state index in [4.69, 9.17) is 9.47 Å². The van der Waals surface area contributed by atoms with Crippen molar-refractivity contribution in [1.82, 2.24) is 5.32 Å². The molecule has 0 saturated carbocycles. The Bertz CT molecular complexity index is 329. The highest BCUT2D eigenvalue weighted by molar-refractivity contribution is 7.99. The van der Waals surface area contributed by atoms with E-state index in [0.717, 1.165) is 38.0 Å². The molecule has 116 valence electrons. The normalized spacial score (nSPS) is 31.7. The van der Waals surface area contributed by atoms with Crippen LogP contribution in [0.3, 0.4) is 0 Å². The molecule has 3 atom stereocenters. The first-order valence-corrected chi connectivity index (χ1v) is 8.76. The van der Waals surface area contributed by atoms with Crippen LogP contribution in [0, 0.1) is 5.92 Å². The van der Waals surface area contributed by atoms with Gasteiger partial charge in [-0.3, -0.25) is 4.79 Å². The van der Waals surface area contributed by atoms with E-state index in [-0.39, 0.29) is 17.6 Å². The third-order valence-electron chi connectivity index (χ3n) is 4.19. The number of hydrogen-bond acceptors (Lipinski definition) is 5. The van der Waals surface area contributed by atoms with E-state index >= 15 is 0 Å². The minimum Gasteiger partial charge on any atom is -0.468 e. The third-order valence-corrected chi connectivity index (χ3v) is 5.41. The quantitative estimate of drug-likeness (QED) is 0.789. The van der Waals surface area contributed by atoms with E-state index < -0.39 is 0 Å². The van der Waals surface area contributed by atoms with Crippen LogP contribution >= 0.6 is 11.8 Å². The fourth-order valence-electron chi connectivity index (χ4n) is 3.16. The second-order valence-corrected chi connectivity index (χ2v) is 7.50. The van der Waals surface area contributed by atoms with Crippen molar-refractivity contribution in [3.8, 4) is 0 Å². The van der Waals surface area contributed by atoms with E-state index in [9.17, 15) is 4.79 Å². The molecule has 3 unspecified atom stereocenters. The number of methoxy groups -OCH3 is 1. The molecule has 2 heterocycles. The Kier molecular flexibility index (Phi) is 5.75. The van der Waals surface area contributed by atoms with Gasteiger partial charge in [-0.05, 0) is 37.4 Å². The summed E-state index contributed by atoms with van der Waals surface area (Å²) in [6.07, 6.45) is 3.97. The summed E-state index contributed by atoms with van der Waals surface area (Å²) in [5.74, 6) is 2.62. The van der Waals surface area contributed by atoms with Crippen LogP contribution in [0.2, 0.25) is 0 Å². The second-order valence-electron chi connectivity index (χ2n) is 6.40. The van der Waals surface area contributed by atoms with Crippen LogP contribution in [0.4, 0.5) is 0 Å². The maximum atomic E-state index is 11.9. The predicted molar refractivity (Wildman–Crippen MR) is 82.0 cm³/mol. The van der Waals surface area contributed by atoms with Crippen LogP contribution in [0.5, 0.6) is 0 Å². The number of esters is 1. The highest BCUT2D eigenvalue weighted by Crippen LogP contribution is 2.38. The monoisotopic (exact) mass is 301 g/mol. The lowest BCUT2D eigenvalue weighted by atomic mass is 9.89. The van der Waals surface area contributed by atoms with Crippen molar-refractivity contribution < 1.29 is 14.3 Å². The fraction of sp³-hybridized carbons (Fsp3) is 0.933. The standard InChI is InChI=1S/C15H27NO3S/c1-11(2)8-13(14(17)18-3)16-12-4-6-19-15(9-12)5-7-20-10-15/h11-13,16H,4-10H2,1-3H3. The van der Waals surface area contributed by atoms with Gasteiger partial charge in [0.1, 0.15) is 6.04 Å². The molecule has 0 aromatic heterocycles. The molecular weight excluding hydrogens is 274 g/mol. The molecule has 2 aliphatic heterocycles. The topological polar surface area (TPSA) is 47.6 Å². The number of rotatable bonds is 5. The molecule has 2 aliphatic rings. The van der Waals surface area contributed by atoms with Gasteiger partial charge in [-0.1, -0.05) is 13.8 Å². The molecule has 0 aromatic rings. The van der Waals surface area contributed by atoms with Crippen molar-refractivity contribution in [3.05, 3.63) is 0 Å². The molecule has 2 saturated heterocycles. The molecule has 4 nitrogen and oxygen atoms in total. The van der Waals surface area contributed by atoms with Crippen LogP contribution in [-0.2, 0) is 14.3 Å². The van der Waals surface area contributed by atoms with E-state index in [1.54, 1.807) is 0 Å². The van der Waals surface area contributed by atoms with Crippen LogP contribution in [0.25, 0.3) is 0 Å². The number of carbonyl (C=O) groups is 1. The number of carbonyl (C=O) groups excluding carboxylic acids is 1. The summed E-state index contributed by atoms with van der Waals surface area (Å²) in [6, 6.07) is 0.180. The number of hydrogen-bond donors (Lipinski definition) is 1. The summed E-state index contributed by atoms with van der Waals surface area (Å²) in [5, 5.41) is 3.53. The Morgan fingerprint density at radius 3 is 2.95 bits per heavy atom. The molecule has 0 radical (unpaired) electrons. The Balaban J connectivity index is 1.93. The van der Waals surface area contributed by atoms with Crippen molar-refractivity contribution >= 4 is 17.7 Å². The van der Waals surface area contributed by atoms with Crippen LogP contribution in [0.15, 0.2) is 0 Å². The Morgan fingerprint density at radius 2 is 2.35 bits per heavy atom. The molecule has 5 heteroatoms. The van der Waals surface area contributed by atoms with Crippen molar-refractivity contribution in [2.45, 2.75) is 57.2 Å². The van der Waals surface area contributed by atoms with Gasteiger partial charge in [-0.2, -0.15) is 11.8 Å². The molecule has 20 heavy (non-hydrogen) atoms. The molecule has 0 aliphatic carbocycles. The maximum absolute atomic E-state index is 11.9. The van der Waals surface area contributed by atoms with E-state index in [2.05, 4.69) is 19.2 Å². The van der Waals surface area contributed by atoms with Gasteiger partial charge in [-0.25, -0.2) is 0 Å².